The molecule has 0 fully saturated rings. The molecule has 0 aliphatic rings. The second-order valence-corrected chi connectivity index (χ2v) is 7.40. The lowest BCUT2D eigenvalue weighted by molar-refractivity contribution is -0.160. The smallest absolute Gasteiger partial charge is 0.330 e. The summed E-state index contributed by atoms with van der Waals surface area (Å²) in [7, 11) is 0. The van der Waals surface area contributed by atoms with Crippen molar-refractivity contribution in [1.29, 1.82) is 0 Å². The fourth-order valence-electron chi connectivity index (χ4n) is 2.94. The molecule has 0 spiro atoms. The standard InChI is InChI=1S/C21H40N2O4/c1-2-3-4-5-6-7-8-9-10-11-12-13-14-15-20(25)27-21(26)18(22)16-17-19(23)24/h18H,2-17,22H2,1H3,(H2,23,24)/t18-/m0/s1. The van der Waals surface area contributed by atoms with Gasteiger partial charge in [-0.1, -0.05) is 84.0 Å². The van der Waals surface area contributed by atoms with Gasteiger partial charge >= 0.3 is 11.9 Å². The number of esters is 2. The molecule has 0 aromatic rings. The molecule has 0 aromatic carbocycles. The molecule has 27 heavy (non-hydrogen) atoms. The summed E-state index contributed by atoms with van der Waals surface area (Å²) in [5.41, 5.74) is 10.5. The van der Waals surface area contributed by atoms with Gasteiger partial charge in [0.15, 0.2) is 0 Å². The van der Waals surface area contributed by atoms with Gasteiger partial charge in [0.2, 0.25) is 5.91 Å². The first-order chi connectivity index (χ1) is 13.0. The molecule has 0 bridgehead atoms. The van der Waals surface area contributed by atoms with Crippen LogP contribution in [0, 0.1) is 0 Å². The molecule has 6 nitrogen and oxygen atoms in total. The number of carbonyl (C=O) groups excluding carboxylic acids is 3. The average Bonchev–Trinajstić information content (AvgIpc) is 2.63. The van der Waals surface area contributed by atoms with Crippen LogP contribution < -0.4 is 11.5 Å². The number of amides is 1. The van der Waals surface area contributed by atoms with Crippen LogP contribution >= 0.6 is 0 Å². The third-order valence-electron chi connectivity index (χ3n) is 4.70. The summed E-state index contributed by atoms with van der Waals surface area (Å²) in [6, 6.07) is -0.979. The Labute approximate surface area is 164 Å². The molecular formula is C21H40N2O4. The molecule has 6 heteroatoms. The lowest BCUT2D eigenvalue weighted by Gasteiger charge is -2.09. The van der Waals surface area contributed by atoms with Crippen molar-refractivity contribution in [3.63, 3.8) is 0 Å². The first-order valence-electron chi connectivity index (χ1n) is 10.8. The largest absolute Gasteiger partial charge is 0.392 e. The minimum atomic E-state index is -0.979. The second-order valence-electron chi connectivity index (χ2n) is 7.40. The van der Waals surface area contributed by atoms with Gasteiger partial charge in [-0.25, -0.2) is 4.79 Å². The third kappa shape index (κ3) is 17.7. The number of ether oxygens (including phenoxy) is 1. The molecule has 0 heterocycles. The van der Waals surface area contributed by atoms with Crippen LogP contribution in [-0.4, -0.2) is 23.9 Å². The van der Waals surface area contributed by atoms with E-state index in [4.69, 9.17) is 16.2 Å². The van der Waals surface area contributed by atoms with Crippen LogP contribution in [0.3, 0.4) is 0 Å². The lowest BCUT2D eigenvalue weighted by atomic mass is 10.0. The number of hydrogen-bond acceptors (Lipinski definition) is 5. The summed E-state index contributed by atoms with van der Waals surface area (Å²) in [4.78, 5) is 33.8. The fourth-order valence-corrected chi connectivity index (χ4v) is 2.94. The molecule has 158 valence electrons. The molecule has 1 amide bonds. The molecule has 1 atom stereocenters. The summed E-state index contributed by atoms with van der Waals surface area (Å²) < 4.78 is 4.70. The first-order valence-corrected chi connectivity index (χ1v) is 10.8. The third-order valence-corrected chi connectivity index (χ3v) is 4.70. The number of hydrogen-bond donors (Lipinski definition) is 2. The highest BCUT2D eigenvalue weighted by Gasteiger charge is 2.19. The summed E-state index contributed by atoms with van der Waals surface area (Å²) in [6.07, 6.45) is 16.4. The van der Waals surface area contributed by atoms with Crippen molar-refractivity contribution in [3.8, 4) is 0 Å². The van der Waals surface area contributed by atoms with Crippen LogP contribution in [-0.2, 0) is 19.1 Å². The molecule has 0 aromatic heterocycles. The maximum Gasteiger partial charge on any atom is 0.330 e. The van der Waals surface area contributed by atoms with Gasteiger partial charge in [0.1, 0.15) is 6.04 Å². The summed E-state index contributed by atoms with van der Waals surface area (Å²) in [5.74, 6) is -1.86. The van der Waals surface area contributed by atoms with Gasteiger partial charge in [0, 0.05) is 12.8 Å². The number of primary amides is 1. The predicted octanol–water partition coefficient (Wildman–Crippen LogP) is 4.13. The maximum atomic E-state index is 11.6. The van der Waals surface area contributed by atoms with Gasteiger partial charge < -0.3 is 16.2 Å². The zero-order chi connectivity index (χ0) is 20.3. The fraction of sp³-hybridized carbons (Fsp3) is 0.857. The van der Waals surface area contributed by atoms with E-state index in [0.29, 0.717) is 0 Å². The Balaban J connectivity index is 3.43. The highest BCUT2D eigenvalue weighted by atomic mass is 16.6. The first kappa shape index (κ1) is 25.6. The molecule has 0 saturated carbocycles. The monoisotopic (exact) mass is 384 g/mol. The van der Waals surface area contributed by atoms with Crippen LogP contribution in [0.15, 0.2) is 0 Å². The van der Waals surface area contributed by atoms with Crippen molar-refractivity contribution >= 4 is 17.8 Å². The van der Waals surface area contributed by atoms with E-state index >= 15 is 0 Å². The van der Waals surface area contributed by atoms with E-state index in [1.807, 2.05) is 0 Å². The van der Waals surface area contributed by atoms with Crippen LogP contribution in [0.1, 0.15) is 110 Å². The zero-order valence-electron chi connectivity index (χ0n) is 17.2. The van der Waals surface area contributed by atoms with Crippen molar-refractivity contribution in [2.45, 2.75) is 116 Å². The molecule has 0 aliphatic heterocycles. The Morgan fingerprint density at radius 1 is 0.741 bits per heavy atom. The quantitative estimate of drug-likeness (QED) is 0.210. The normalized spacial score (nSPS) is 11.9. The maximum absolute atomic E-state index is 11.6. The van der Waals surface area contributed by atoms with Gasteiger partial charge in [0.25, 0.3) is 0 Å². The molecule has 0 rings (SSSR count). The molecule has 0 radical (unpaired) electrons. The topological polar surface area (TPSA) is 112 Å². The second kappa shape index (κ2) is 18.0. The van der Waals surface area contributed by atoms with E-state index in [1.54, 1.807) is 0 Å². The van der Waals surface area contributed by atoms with Crippen LogP contribution in [0.25, 0.3) is 0 Å². The summed E-state index contributed by atoms with van der Waals surface area (Å²) >= 11 is 0. The van der Waals surface area contributed by atoms with Crippen molar-refractivity contribution in [3.05, 3.63) is 0 Å². The van der Waals surface area contributed by atoms with Crippen LogP contribution in [0.2, 0.25) is 0 Å². The molecule has 0 aliphatic carbocycles. The minimum absolute atomic E-state index is 0.00329. The Kier molecular flexibility index (Phi) is 17.0. The molecular weight excluding hydrogens is 344 g/mol. The van der Waals surface area contributed by atoms with Gasteiger partial charge in [-0.05, 0) is 12.8 Å². The number of nitrogens with two attached hydrogens (primary N) is 2. The van der Waals surface area contributed by atoms with Gasteiger partial charge in [-0.15, -0.1) is 0 Å². The van der Waals surface area contributed by atoms with Crippen molar-refractivity contribution in [1.82, 2.24) is 0 Å². The van der Waals surface area contributed by atoms with E-state index in [9.17, 15) is 14.4 Å². The molecule has 4 N–H and O–H groups in total. The molecule has 0 saturated heterocycles. The predicted molar refractivity (Wildman–Crippen MR) is 108 cm³/mol. The van der Waals surface area contributed by atoms with Crippen molar-refractivity contribution in [2.24, 2.45) is 11.5 Å². The van der Waals surface area contributed by atoms with E-state index in [1.165, 1.54) is 64.2 Å². The highest BCUT2D eigenvalue weighted by molar-refractivity contribution is 5.88. The number of carbonyl (C=O) groups is 3. The Bertz CT molecular complexity index is 413. The van der Waals surface area contributed by atoms with E-state index in [-0.39, 0.29) is 19.3 Å². The summed E-state index contributed by atoms with van der Waals surface area (Å²) in [5, 5.41) is 0. The van der Waals surface area contributed by atoms with E-state index < -0.39 is 23.9 Å². The zero-order valence-corrected chi connectivity index (χ0v) is 17.2. The summed E-state index contributed by atoms with van der Waals surface area (Å²) in [6.45, 7) is 2.24. The van der Waals surface area contributed by atoms with Crippen LogP contribution in [0.5, 0.6) is 0 Å². The van der Waals surface area contributed by atoms with Gasteiger partial charge in [0.05, 0.1) is 0 Å². The number of rotatable bonds is 18. The van der Waals surface area contributed by atoms with E-state index in [0.717, 1.165) is 19.3 Å². The highest BCUT2D eigenvalue weighted by Crippen LogP contribution is 2.13. The Morgan fingerprint density at radius 3 is 1.63 bits per heavy atom. The van der Waals surface area contributed by atoms with E-state index in [2.05, 4.69) is 6.92 Å². The average molecular weight is 385 g/mol. The molecule has 0 unspecified atom stereocenters. The van der Waals surface area contributed by atoms with Gasteiger partial charge in [-0.3, -0.25) is 9.59 Å². The minimum Gasteiger partial charge on any atom is -0.392 e. The van der Waals surface area contributed by atoms with Crippen molar-refractivity contribution < 1.29 is 19.1 Å². The van der Waals surface area contributed by atoms with Crippen LogP contribution in [0.4, 0.5) is 0 Å². The van der Waals surface area contributed by atoms with Gasteiger partial charge in [-0.2, -0.15) is 0 Å². The van der Waals surface area contributed by atoms with Crippen molar-refractivity contribution in [2.75, 3.05) is 0 Å². The Morgan fingerprint density at radius 2 is 1.19 bits per heavy atom. The Hall–Kier alpha value is -1.43. The SMILES string of the molecule is CCCCCCCCCCCCCCCC(=O)OC(=O)[C@@H](N)CCC(N)=O. The lowest BCUT2D eigenvalue weighted by Crippen LogP contribution is -2.34. The number of unbranched alkanes of at least 4 members (excludes halogenated alkanes) is 12.